The predicted octanol–water partition coefficient (Wildman–Crippen LogP) is 6.00. The first kappa shape index (κ1) is 20.5. The summed E-state index contributed by atoms with van der Waals surface area (Å²) in [6.07, 6.45) is -5.49. The minimum Gasteiger partial charge on any atom is -0.457 e. The monoisotopic (exact) mass is 411 g/mol. The summed E-state index contributed by atoms with van der Waals surface area (Å²) < 4.78 is 46.3. The van der Waals surface area contributed by atoms with Crippen molar-refractivity contribution in [2.24, 2.45) is 5.41 Å². The van der Waals surface area contributed by atoms with Crippen molar-refractivity contribution in [2.45, 2.75) is 43.8 Å². The summed E-state index contributed by atoms with van der Waals surface area (Å²) in [5, 5.41) is 2.49. The molecule has 0 aliphatic heterocycles. The predicted molar refractivity (Wildman–Crippen MR) is 101 cm³/mol. The van der Waals surface area contributed by atoms with Crippen molar-refractivity contribution < 1.29 is 22.7 Å². The molecule has 150 valence electrons. The van der Waals surface area contributed by atoms with E-state index in [4.69, 9.17) is 16.3 Å². The van der Waals surface area contributed by atoms with Gasteiger partial charge in [-0.25, -0.2) is 0 Å². The number of amides is 1. The molecule has 1 aliphatic rings. The Labute approximate surface area is 166 Å². The molecular formula is C21H21ClF3NO2. The summed E-state index contributed by atoms with van der Waals surface area (Å²) in [5.74, 6) is 0.241. The fraction of sp³-hybridized carbons (Fsp3) is 0.381. The zero-order valence-corrected chi connectivity index (χ0v) is 16.3. The van der Waals surface area contributed by atoms with E-state index in [-0.39, 0.29) is 0 Å². The lowest BCUT2D eigenvalue weighted by Crippen LogP contribution is -2.62. The second kappa shape index (κ2) is 7.32. The number of carbonyl (C=O) groups is 1. The first-order valence-electron chi connectivity index (χ1n) is 8.92. The third kappa shape index (κ3) is 4.12. The van der Waals surface area contributed by atoms with Crippen molar-refractivity contribution in [3.8, 4) is 11.5 Å². The van der Waals surface area contributed by atoms with Gasteiger partial charge in [-0.2, -0.15) is 13.2 Å². The van der Waals surface area contributed by atoms with Crippen LogP contribution in [0.1, 0.15) is 38.3 Å². The highest BCUT2D eigenvalue weighted by Crippen LogP contribution is 2.60. The summed E-state index contributed by atoms with van der Waals surface area (Å²) in [7, 11) is 0. The second-order valence-corrected chi connectivity index (χ2v) is 8.44. The molecule has 2 aromatic rings. The van der Waals surface area contributed by atoms with Gasteiger partial charge in [0.1, 0.15) is 16.9 Å². The van der Waals surface area contributed by atoms with Crippen LogP contribution in [0.5, 0.6) is 11.5 Å². The maximum Gasteiger partial charge on any atom is 0.403 e. The van der Waals surface area contributed by atoms with E-state index in [0.29, 0.717) is 17.1 Å². The molecule has 1 aliphatic carbocycles. The number of carbonyl (C=O) groups excluding carboxylic acids is 1. The number of alkyl halides is 4. The molecule has 1 saturated carbocycles. The standard InChI is InChI=1S/C21H21ClF3NO2/c1-14(26-18(27)20(21(23,24)25)12-19(2,22)13-20)15-8-10-17(11-9-15)28-16-6-4-3-5-7-16/h3-11,14H,12-13H2,1-2H3,(H,26,27). The average molecular weight is 412 g/mol. The van der Waals surface area contributed by atoms with E-state index in [1.165, 1.54) is 6.92 Å². The third-order valence-electron chi connectivity index (χ3n) is 5.02. The molecular weight excluding hydrogens is 391 g/mol. The number of hydrogen-bond donors (Lipinski definition) is 1. The molecule has 7 heteroatoms. The Morgan fingerprint density at radius 3 is 2.11 bits per heavy atom. The SMILES string of the molecule is CC(NC(=O)C1(C(F)(F)F)CC(C)(Cl)C1)c1ccc(Oc2ccccc2)cc1. The summed E-state index contributed by atoms with van der Waals surface area (Å²) in [5.41, 5.74) is -1.74. The Bertz CT molecular complexity index is 827. The van der Waals surface area contributed by atoms with E-state index in [1.807, 2.05) is 30.3 Å². The molecule has 3 nitrogen and oxygen atoms in total. The maximum absolute atomic E-state index is 13.5. The van der Waals surface area contributed by atoms with E-state index >= 15 is 0 Å². The van der Waals surface area contributed by atoms with E-state index in [2.05, 4.69) is 5.32 Å². The topological polar surface area (TPSA) is 38.3 Å². The highest BCUT2D eigenvalue weighted by molar-refractivity contribution is 6.25. The lowest BCUT2D eigenvalue weighted by atomic mass is 9.60. The third-order valence-corrected chi connectivity index (χ3v) is 5.29. The molecule has 0 aromatic heterocycles. The summed E-state index contributed by atoms with van der Waals surface area (Å²) in [6, 6.07) is 15.5. The van der Waals surface area contributed by atoms with Crippen LogP contribution in [0.4, 0.5) is 13.2 Å². The number of benzene rings is 2. The van der Waals surface area contributed by atoms with Crippen LogP contribution in [0.25, 0.3) is 0 Å². The van der Waals surface area contributed by atoms with Gasteiger partial charge in [-0.3, -0.25) is 4.79 Å². The van der Waals surface area contributed by atoms with Crippen LogP contribution in [0.3, 0.4) is 0 Å². The van der Waals surface area contributed by atoms with Gasteiger partial charge in [0.25, 0.3) is 0 Å². The van der Waals surface area contributed by atoms with Crippen LogP contribution in [0.15, 0.2) is 54.6 Å². The van der Waals surface area contributed by atoms with Crippen molar-refractivity contribution in [3.05, 3.63) is 60.2 Å². The van der Waals surface area contributed by atoms with Crippen LogP contribution < -0.4 is 10.1 Å². The van der Waals surface area contributed by atoms with Crippen molar-refractivity contribution in [1.29, 1.82) is 0 Å². The zero-order chi connectivity index (χ0) is 20.6. The number of rotatable bonds is 5. The minimum absolute atomic E-state index is 0.423. The van der Waals surface area contributed by atoms with Crippen molar-refractivity contribution in [2.75, 3.05) is 0 Å². The molecule has 0 bridgehead atoms. The van der Waals surface area contributed by atoms with Gasteiger partial charge >= 0.3 is 6.18 Å². The van der Waals surface area contributed by atoms with Crippen LogP contribution in [-0.2, 0) is 4.79 Å². The van der Waals surface area contributed by atoms with Gasteiger partial charge in [0.2, 0.25) is 5.91 Å². The van der Waals surface area contributed by atoms with E-state index < -0.39 is 41.3 Å². The van der Waals surface area contributed by atoms with E-state index in [0.717, 1.165) is 0 Å². The van der Waals surface area contributed by atoms with Crippen LogP contribution in [0, 0.1) is 5.41 Å². The smallest absolute Gasteiger partial charge is 0.403 e. The average Bonchev–Trinajstić information content (AvgIpc) is 2.59. The maximum atomic E-state index is 13.5. The van der Waals surface area contributed by atoms with Gasteiger partial charge < -0.3 is 10.1 Å². The molecule has 1 atom stereocenters. The zero-order valence-electron chi connectivity index (χ0n) is 15.5. The van der Waals surface area contributed by atoms with Gasteiger partial charge in [0, 0.05) is 4.87 Å². The molecule has 1 fully saturated rings. The number of ether oxygens (including phenoxy) is 1. The minimum atomic E-state index is -4.64. The van der Waals surface area contributed by atoms with Crippen molar-refractivity contribution >= 4 is 17.5 Å². The molecule has 2 aromatic carbocycles. The molecule has 0 radical (unpaired) electrons. The molecule has 3 rings (SSSR count). The lowest BCUT2D eigenvalue weighted by molar-refractivity contribution is -0.249. The Morgan fingerprint density at radius 2 is 1.61 bits per heavy atom. The molecule has 1 unspecified atom stereocenters. The molecule has 28 heavy (non-hydrogen) atoms. The summed E-state index contributed by atoms with van der Waals surface area (Å²) in [4.78, 5) is 11.5. The Hall–Kier alpha value is -2.21. The summed E-state index contributed by atoms with van der Waals surface area (Å²) in [6.45, 7) is 3.16. The second-order valence-electron chi connectivity index (χ2n) is 7.53. The van der Waals surface area contributed by atoms with Gasteiger partial charge in [-0.15, -0.1) is 11.6 Å². The number of hydrogen-bond acceptors (Lipinski definition) is 2. The number of nitrogens with one attached hydrogen (secondary N) is 1. The van der Waals surface area contributed by atoms with Gasteiger partial charge in [-0.05, 0) is 56.5 Å². The first-order valence-corrected chi connectivity index (χ1v) is 9.30. The lowest BCUT2D eigenvalue weighted by Gasteiger charge is -2.50. The highest BCUT2D eigenvalue weighted by Gasteiger charge is 2.70. The Kier molecular flexibility index (Phi) is 5.36. The molecule has 0 heterocycles. The van der Waals surface area contributed by atoms with E-state index in [1.54, 1.807) is 31.2 Å². The van der Waals surface area contributed by atoms with Crippen LogP contribution in [0.2, 0.25) is 0 Å². The number of para-hydroxylation sites is 1. The summed E-state index contributed by atoms with van der Waals surface area (Å²) >= 11 is 5.98. The highest BCUT2D eigenvalue weighted by atomic mass is 35.5. The van der Waals surface area contributed by atoms with Crippen molar-refractivity contribution in [3.63, 3.8) is 0 Å². The quantitative estimate of drug-likeness (QED) is 0.613. The van der Waals surface area contributed by atoms with Gasteiger partial charge in [0.15, 0.2) is 0 Å². The molecule has 0 saturated heterocycles. The van der Waals surface area contributed by atoms with Gasteiger partial charge in [0.05, 0.1) is 6.04 Å². The fourth-order valence-corrected chi connectivity index (χ4v) is 4.02. The fourth-order valence-electron chi connectivity index (χ4n) is 3.56. The first-order chi connectivity index (χ1) is 13.0. The van der Waals surface area contributed by atoms with Gasteiger partial charge in [-0.1, -0.05) is 30.3 Å². The normalized spacial score (nSPS) is 25.5. The van der Waals surface area contributed by atoms with Crippen molar-refractivity contribution in [1.82, 2.24) is 5.32 Å². The van der Waals surface area contributed by atoms with Crippen LogP contribution in [-0.4, -0.2) is 17.0 Å². The Balaban J connectivity index is 1.67. The number of halogens is 4. The molecule has 1 N–H and O–H groups in total. The van der Waals surface area contributed by atoms with Crippen LogP contribution >= 0.6 is 11.6 Å². The molecule has 1 amide bonds. The molecule has 0 spiro atoms. The Morgan fingerprint density at radius 1 is 1.07 bits per heavy atom. The largest absolute Gasteiger partial charge is 0.457 e. The van der Waals surface area contributed by atoms with E-state index in [9.17, 15) is 18.0 Å².